The first-order valence-electron chi connectivity index (χ1n) is 15.4. The van der Waals surface area contributed by atoms with Crippen molar-refractivity contribution in [3.63, 3.8) is 0 Å². The quantitative estimate of drug-likeness (QED) is 0.100. The van der Waals surface area contributed by atoms with Crippen molar-refractivity contribution in [3.05, 3.63) is 118 Å². The van der Waals surface area contributed by atoms with Gasteiger partial charge in [-0.2, -0.15) is 0 Å². The predicted octanol–water partition coefficient (Wildman–Crippen LogP) is 9.41. The van der Waals surface area contributed by atoms with Crippen LogP contribution in [0.3, 0.4) is 0 Å². The highest BCUT2D eigenvalue weighted by Crippen LogP contribution is 2.61. The number of para-hydroxylation sites is 3. The van der Waals surface area contributed by atoms with E-state index in [1.54, 1.807) is 18.2 Å². The molecule has 1 atom stereocenters. The molecule has 0 fully saturated rings. The summed E-state index contributed by atoms with van der Waals surface area (Å²) in [5.74, 6) is 2.37. The molecule has 0 saturated carbocycles. The summed E-state index contributed by atoms with van der Waals surface area (Å²) in [6, 6.07) is 30.7. The van der Waals surface area contributed by atoms with Gasteiger partial charge < -0.3 is 9.47 Å². The van der Waals surface area contributed by atoms with Gasteiger partial charge >= 0.3 is 0 Å². The topological polar surface area (TPSA) is 66.9 Å². The lowest BCUT2D eigenvalue weighted by molar-refractivity contribution is -0.384. The average molecular weight is 606 g/mol. The number of hydrogen-bond acceptors (Lipinski definition) is 4. The van der Waals surface area contributed by atoms with E-state index in [-0.39, 0.29) is 16.0 Å². The fraction of sp³-hybridized carbons (Fsp3) is 0.278. The summed E-state index contributed by atoms with van der Waals surface area (Å²) in [5.41, 5.74) is 6.11. The van der Waals surface area contributed by atoms with Crippen LogP contribution in [0.2, 0.25) is 0 Å². The van der Waals surface area contributed by atoms with Gasteiger partial charge in [-0.05, 0) is 54.7 Å². The third kappa shape index (κ3) is 4.58. The van der Waals surface area contributed by atoms with Crippen LogP contribution in [0.15, 0.2) is 107 Å². The molecule has 0 spiro atoms. The molecule has 0 saturated heterocycles. The van der Waals surface area contributed by atoms with E-state index in [4.69, 9.17) is 4.74 Å². The Balaban J connectivity index is 1.76. The number of nitro benzene ring substituents is 1. The summed E-state index contributed by atoms with van der Waals surface area (Å²) < 4.78 is 10.3. The van der Waals surface area contributed by atoms with Gasteiger partial charge in [-0.3, -0.25) is 14.8 Å². The van der Waals surface area contributed by atoms with Crippen LogP contribution in [-0.2, 0) is 12.0 Å². The molecule has 1 unspecified atom stereocenters. The minimum Gasteiger partial charge on any atom is -0.347 e. The molecule has 4 aromatic carbocycles. The highest BCUT2D eigenvalue weighted by Gasteiger charge is 2.41. The number of aromatic nitrogens is 1. The van der Waals surface area contributed by atoms with Crippen molar-refractivity contribution in [2.24, 2.45) is 4.74 Å². The van der Waals surface area contributed by atoms with Gasteiger partial charge in [0.2, 0.25) is 0 Å². The Morgan fingerprint density at radius 3 is 2.25 bits per heavy atom. The van der Waals surface area contributed by atoms with Gasteiger partial charge in [0.25, 0.3) is 5.69 Å². The average Bonchev–Trinajstić information content (AvgIpc) is 3.45. The van der Waals surface area contributed by atoms with Crippen molar-refractivity contribution in [1.29, 1.82) is 0 Å². The number of anilines is 1. The lowest BCUT2D eigenvalue weighted by Gasteiger charge is -2.36. The van der Waals surface area contributed by atoms with Crippen LogP contribution in [0.1, 0.15) is 40.2 Å². The second-order valence-electron chi connectivity index (χ2n) is 11.8. The number of benzene rings is 4. The standard InChI is InChI=1S/C36H40N5O2P/c1-7-39(8-2)44(37-30-18-12-15-21-34(30)41(42)43,25-35-36(4,5)29-17-11-14-20-33(29)38(35)6)26-22-23-32-28(24-26)27-16-10-13-19-31(27)40(32)9-3/h10-25H,7-9H2,1-6H3/b35-25-. The van der Waals surface area contributed by atoms with Crippen molar-refractivity contribution in [2.75, 3.05) is 25.0 Å². The molecule has 0 amide bonds. The van der Waals surface area contributed by atoms with E-state index < -0.39 is 7.21 Å². The minimum absolute atomic E-state index is 0.0217. The Hall–Kier alpha value is -4.19. The second-order valence-corrected chi connectivity index (χ2v) is 14.7. The van der Waals surface area contributed by atoms with Crippen LogP contribution in [0.25, 0.3) is 21.8 Å². The van der Waals surface area contributed by atoms with Gasteiger partial charge in [-0.25, -0.2) is 4.74 Å². The first kappa shape index (κ1) is 29.9. The van der Waals surface area contributed by atoms with Gasteiger partial charge in [-0.1, -0.05) is 76.2 Å². The summed E-state index contributed by atoms with van der Waals surface area (Å²) in [6.45, 7) is 13.4. The summed E-state index contributed by atoms with van der Waals surface area (Å²) in [7, 11) is -0.658. The lowest BCUT2D eigenvalue weighted by Crippen LogP contribution is -2.28. The molecule has 2 heterocycles. The maximum absolute atomic E-state index is 12.3. The van der Waals surface area contributed by atoms with Gasteiger partial charge in [0, 0.05) is 76.7 Å². The maximum Gasteiger partial charge on any atom is 0.294 e. The Morgan fingerprint density at radius 1 is 0.886 bits per heavy atom. The zero-order valence-corrected chi connectivity index (χ0v) is 27.3. The highest BCUT2D eigenvalue weighted by atomic mass is 31.2. The van der Waals surface area contributed by atoms with Crippen molar-refractivity contribution in [3.8, 4) is 0 Å². The molecule has 44 heavy (non-hydrogen) atoms. The molecule has 0 N–H and O–H groups in total. The molecule has 1 aliphatic rings. The molecule has 5 aromatic rings. The van der Waals surface area contributed by atoms with Gasteiger partial charge in [-0.15, -0.1) is 0 Å². The maximum atomic E-state index is 12.3. The van der Waals surface area contributed by atoms with E-state index >= 15 is 0 Å². The Labute approximate surface area is 259 Å². The Kier molecular flexibility index (Phi) is 7.73. The van der Waals surface area contributed by atoms with Crippen molar-refractivity contribution < 1.29 is 4.92 Å². The summed E-state index contributed by atoms with van der Waals surface area (Å²) in [4.78, 5) is 14.2. The predicted molar refractivity (Wildman–Crippen MR) is 186 cm³/mol. The van der Waals surface area contributed by atoms with Crippen LogP contribution in [0, 0.1) is 10.1 Å². The number of likely N-dealkylation sites (N-methyl/N-ethyl adjacent to an activating group) is 1. The molecule has 226 valence electrons. The zero-order chi connectivity index (χ0) is 31.2. The van der Waals surface area contributed by atoms with E-state index in [2.05, 4.69) is 128 Å². The van der Waals surface area contributed by atoms with Crippen LogP contribution in [-0.4, -0.2) is 34.3 Å². The number of nitro groups is 1. The fourth-order valence-corrected chi connectivity index (χ4v) is 10.7. The Bertz CT molecular complexity index is 1990. The van der Waals surface area contributed by atoms with Crippen molar-refractivity contribution in [2.45, 2.75) is 46.6 Å². The van der Waals surface area contributed by atoms with Crippen molar-refractivity contribution in [1.82, 2.24) is 9.24 Å². The van der Waals surface area contributed by atoms with E-state index in [0.29, 0.717) is 5.69 Å². The van der Waals surface area contributed by atoms with Crippen LogP contribution < -0.4 is 10.2 Å². The van der Waals surface area contributed by atoms with E-state index in [0.717, 1.165) is 30.6 Å². The number of hydrogen-bond donors (Lipinski definition) is 0. The molecular weight excluding hydrogens is 565 g/mol. The highest BCUT2D eigenvalue weighted by molar-refractivity contribution is 7.74. The molecule has 6 rings (SSSR count). The van der Waals surface area contributed by atoms with E-state index in [9.17, 15) is 10.1 Å². The SMILES string of the molecule is CCN(CC)P(/C=C1\N(C)c2ccccc2C1(C)C)(=Nc1ccccc1[N+](=O)[O-])c1ccc2c(c1)c1ccccc1n2CC. The van der Waals surface area contributed by atoms with E-state index in [1.807, 2.05) is 6.07 Å². The third-order valence-electron chi connectivity index (χ3n) is 9.19. The Morgan fingerprint density at radius 2 is 1.55 bits per heavy atom. The van der Waals surface area contributed by atoms with Crippen LogP contribution in [0.4, 0.5) is 17.1 Å². The van der Waals surface area contributed by atoms with E-state index in [1.165, 1.54) is 33.1 Å². The molecule has 1 aromatic heterocycles. The van der Waals surface area contributed by atoms with Gasteiger partial charge in [0.1, 0.15) is 5.69 Å². The first-order valence-corrected chi connectivity index (χ1v) is 17.1. The minimum atomic E-state index is -2.78. The van der Waals surface area contributed by atoms with Crippen LogP contribution in [0.5, 0.6) is 0 Å². The van der Waals surface area contributed by atoms with Gasteiger partial charge in [0.15, 0.2) is 0 Å². The number of fused-ring (bicyclic) bond motifs is 4. The van der Waals surface area contributed by atoms with Crippen LogP contribution >= 0.6 is 7.21 Å². The molecule has 7 nitrogen and oxygen atoms in total. The second kappa shape index (κ2) is 11.4. The number of allylic oxidation sites excluding steroid dienone is 1. The number of aryl methyl sites for hydroxylation is 1. The lowest BCUT2D eigenvalue weighted by atomic mass is 9.84. The fourth-order valence-electron chi connectivity index (χ4n) is 6.98. The largest absolute Gasteiger partial charge is 0.347 e. The van der Waals surface area contributed by atoms with Crippen molar-refractivity contribution >= 4 is 51.4 Å². The molecule has 0 bridgehead atoms. The summed E-state index contributed by atoms with van der Waals surface area (Å²) >= 11 is 0. The number of nitrogens with zero attached hydrogens (tertiary/aromatic N) is 5. The summed E-state index contributed by atoms with van der Waals surface area (Å²) in [6.07, 6.45) is 0. The third-order valence-corrected chi connectivity index (χ3v) is 12.8. The monoisotopic (exact) mass is 605 g/mol. The molecule has 1 aliphatic heterocycles. The molecular formula is C36H40N5O2P. The zero-order valence-electron chi connectivity index (χ0n) is 26.4. The first-order chi connectivity index (χ1) is 21.2. The van der Waals surface area contributed by atoms with Gasteiger partial charge in [0.05, 0.1) is 12.1 Å². The summed E-state index contributed by atoms with van der Waals surface area (Å²) in [5, 5.41) is 15.7. The molecule has 8 heteroatoms. The normalized spacial score (nSPS) is 16.5. The number of rotatable bonds is 8. The molecule has 0 radical (unpaired) electrons. The smallest absolute Gasteiger partial charge is 0.294 e. The molecule has 0 aliphatic carbocycles.